The van der Waals surface area contributed by atoms with Gasteiger partial charge in [-0.1, -0.05) is 11.6 Å². The van der Waals surface area contributed by atoms with Crippen molar-refractivity contribution in [2.24, 2.45) is 4.99 Å². The first kappa shape index (κ1) is 11.8. The minimum Gasteiger partial charge on any atom is -0.211 e. The van der Waals surface area contributed by atoms with Crippen molar-refractivity contribution in [3.05, 3.63) is 33.0 Å². The molecule has 0 radical (unpaired) electrons. The third-order valence-corrected chi connectivity index (χ3v) is 4.23. The number of halogens is 3. The Bertz CT molecular complexity index is 481. The molecule has 2 rings (SSSR count). The third-order valence-electron chi connectivity index (χ3n) is 2.95. The molecule has 0 aliphatic heterocycles. The SMILES string of the molecule is O=C=NC1(c2c(F)ccc(Br)c2Cl)CCC1. The van der Waals surface area contributed by atoms with E-state index in [1.807, 2.05) is 0 Å². The van der Waals surface area contributed by atoms with Crippen LogP contribution < -0.4 is 0 Å². The number of isocyanates is 1. The average Bonchev–Trinajstić information content (AvgIpc) is 2.20. The zero-order chi connectivity index (χ0) is 11.8. The van der Waals surface area contributed by atoms with Crippen molar-refractivity contribution in [3.63, 3.8) is 0 Å². The maximum Gasteiger partial charge on any atom is 0.235 e. The van der Waals surface area contributed by atoms with Gasteiger partial charge in [0, 0.05) is 10.0 Å². The van der Waals surface area contributed by atoms with Crippen molar-refractivity contribution in [1.29, 1.82) is 0 Å². The summed E-state index contributed by atoms with van der Waals surface area (Å²) in [7, 11) is 0. The Morgan fingerprint density at radius 3 is 2.69 bits per heavy atom. The lowest BCUT2D eigenvalue weighted by Crippen LogP contribution is -2.33. The number of hydrogen-bond acceptors (Lipinski definition) is 2. The Hall–Kier alpha value is -0.700. The molecule has 0 heterocycles. The predicted molar refractivity (Wildman–Crippen MR) is 62.8 cm³/mol. The first-order valence-electron chi connectivity index (χ1n) is 4.84. The molecule has 1 aromatic carbocycles. The molecule has 1 aliphatic carbocycles. The highest BCUT2D eigenvalue weighted by molar-refractivity contribution is 9.10. The molecule has 0 aromatic heterocycles. The quantitative estimate of drug-likeness (QED) is 0.462. The fourth-order valence-corrected chi connectivity index (χ4v) is 2.63. The fourth-order valence-electron chi connectivity index (χ4n) is 1.97. The van der Waals surface area contributed by atoms with E-state index in [0.717, 1.165) is 6.42 Å². The molecule has 2 nitrogen and oxygen atoms in total. The van der Waals surface area contributed by atoms with E-state index in [1.165, 1.54) is 18.2 Å². The molecule has 84 valence electrons. The topological polar surface area (TPSA) is 29.4 Å². The minimum absolute atomic E-state index is 0.290. The number of aliphatic imine (C=N–C) groups is 1. The summed E-state index contributed by atoms with van der Waals surface area (Å²) in [5.74, 6) is -0.424. The van der Waals surface area contributed by atoms with E-state index in [2.05, 4.69) is 20.9 Å². The summed E-state index contributed by atoms with van der Waals surface area (Å²) in [6.45, 7) is 0. The van der Waals surface area contributed by atoms with Crippen molar-refractivity contribution < 1.29 is 9.18 Å². The Balaban J connectivity index is 2.62. The van der Waals surface area contributed by atoms with Gasteiger partial charge in [0.1, 0.15) is 11.4 Å². The summed E-state index contributed by atoms with van der Waals surface area (Å²) in [5.41, 5.74) is -0.495. The lowest BCUT2D eigenvalue weighted by atomic mass is 9.72. The van der Waals surface area contributed by atoms with Crippen molar-refractivity contribution in [2.45, 2.75) is 24.8 Å². The first-order valence-corrected chi connectivity index (χ1v) is 6.01. The summed E-state index contributed by atoms with van der Waals surface area (Å²) in [5, 5.41) is 0.290. The van der Waals surface area contributed by atoms with Crippen LogP contribution in [0.5, 0.6) is 0 Å². The smallest absolute Gasteiger partial charge is 0.211 e. The van der Waals surface area contributed by atoms with Gasteiger partial charge in [-0.05, 0) is 47.3 Å². The number of hydrogen-bond donors (Lipinski definition) is 0. The molecule has 0 N–H and O–H groups in total. The van der Waals surface area contributed by atoms with Crippen LogP contribution in [0.2, 0.25) is 5.02 Å². The number of benzene rings is 1. The van der Waals surface area contributed by atoms with Gasteiger partial charge in [0.25, 0.3) is 0 Å². The number of rotatable bonds is 2. The number of carbonyl (C=O) groups excluding carboxylic acids is 1. The van der Waals surface area contributed by atoms with Gasteiger partial charge in [-0.15, -0.1) is 0 Å². The summed E-state index contributed by atoms with van der Waals surface area (Å²) in [4.78, 5) is 14.2. The van der Waals surface area contributed by atoms with Crippen LogP contribution in [0.25, 0.3) is 0 Å². The van der Waals surface area contributed by atoms with Crippen LogP contribution in [-0.4, -0.2) is 6.08 Å². The molecule has 0 atom stereocenters. The van der Waals surface area contributed by atoms with Crippen LogP contribution in [0.3, 0.4) is 0 Å². The molecule has 0 saturated heterocycles. The Morgan fingerprint density at radius 1 is 1.50 bits per heavy atom. The maximum absolute atomic E-state index is 13.8. The third kappa shape index (κ3) is 1.71. The largest absolute Gasteiger partial charge is 0.235 e. The van der Waals surface area contributed by atoms with E-state index < -0.39 is 11.4 Å². The zero-order valence-corrected chi connectivity index (χ0v) is 10.6. The number of nitrogens with zero attached hydrogens (tertiary/aromatic N) is 1. The lowest BCUT2D eigenvalue weighted by molar-refractivity contribution is 0.247. The van der Waals surface area contributed by atoms with Gasteiger partial charge in [0.05, 0.1) is 5.02 Å². The van der Waals surface area contributed by atoms with Crippen LogP contribution in [0.4, 0.5) is 4.39 Å². The molecule has 0 bridgehead atoms. The Kier molecular flexibility index (Phi) is 3.15. The standard InChI is InChI=1S/C11H8BrClFNO/c12-7-2-3-8(14)9(10(7)13)11(15-6-16)4-1-5-11/h2-3H,1,4-5H2. The predicted octanol–water partition coefficient (Wildman–Crippen LogP) is 3.96. The molecular formula is C11H8BrClFNO. The van der Waals surface area contributed by atoms with Gasteiger partial charge in [0.2, 0.25) is 6.08 Å². The van der Waals surface area contributed by atoms with Gasteiger partial charge in [-0.3, -0.25) is 0 Å². The van der Waals surface area contributed by atoms with Crippen LogP contribution in [0.1, 0.15) is 24.8 Å². The molecule has 0 amide bonds. The molecule has 1 aromatic rings. The van der Waals surface area contributed by atoms with Gasteiger partial charge in [-0.25, -0.2) is 9.18 Å². The molecule has 16 heavy (non-hydrogen) atoms. The second-order valence-electron chi connectivity index (χ2n) is 3.81. The maximum atomic E-state index is 13.8. The summed E-state index contributed by atoms with van der Waals surface area (Å²) < 4.78 is 14.4. The Labute approximate surface area is 106 Å². The molecule has 0 spiro atoms. The zero-order valence-electron chi connectivity index (χ0n) is 8.27. The molecular weight excluding hydrogens is 296 g/mol. The van der Waals surface area contributed by atoms with E-state index in [-0.39, 0.29) is 0 Å². The molecule has 5 heteroatoms. The first-order chi connectivity index (χ1) is 7.60. The van der Waals surface area contributed by atoms with Gasteiger partial charge < -0.3 is 0 Å². The van der Waals surface area contributed by atoms with E-state index in [9.17, 15) is 9.18 Å². The second kappa shape index (κ2) is 4.28. The summed E-state index contributed by atoms with van der Waals surface area (Å²) in [6, 6.07) is 2.86. The average molecular weight is 305 g/mol. The normalized spacial score (nSPS) is 17.4. The van der Waals surface area contributed by atoms with E-state index in [0.29, 0.717) is 27.9 Å². The molecule has 1 saturated carbocycles. The van der Waals surface area contributed by atoms with Crippen LogP contribution >= 0.6 is 27.5 Å². The molecule has 1 fully saturated rings. The van der Waals surface area contributed by atoms with Crippen LogP contribution in [-0.2, 0) is 10.3 Å². The Morgan fingerprint density at radius 2 is 2.19 bits per heavy atom. The fraction of sp³-hybridized carbons (Fsp3) is 0.364. The second-order valence-corrected chi connectivity index (χ2v) is 5.04. The monoisotopic (exact) mass is 303 g/mol. The van der Waals surface area contributed by atoms with Gasteiger partial charge in [0.15, 0.2) is 0 Å². The molecule has 0 unspecified atom stereocenters. The van der Waals surface area contributed by atoms with Crippen molar-refractivity contribution in [1.82, 2.24) is 0 Å². The lowest BCUT2D eigenvalue weighted by Gasteiger charge is -2.37. The van der Waals surface area contributed by atoms with Crippen LogP contribution in [0, 0.1) is 5.82 Å². The van der Waals surface area contributed by atoms with Crippen molar-refractivity contribution in [2.75, 3.05) is 0 Å². The van der Waals surface area contributed by atoms with Gasteiger partial charge in [-0.2, -0.15) is 4.99 Å². The molecule has 1 aliphatic rings. The van der Waals surface area contributed by atoms with Crippen LogP contribution in [0.15, 0.2) is 21.6 Å². The van der Waals surface area contributed by atoms with E-state index in [4.69, 9.17) is 11.6 Å². The summed E-state index contributed by atoms with van der Waals surface area (Å²) >= 11 is 9.29. The van der Waals surface area contributed by atoms with E-state index in [1.54, 1.807) is 0 Å². The van der Waals surface area contributed by atoms with Gasteiger partial charge >= 0.3 is 0 Å². The summed E-state index contributed by atoms with van der Waals surface area (Å²) in [6.07, 6.45) is 3.70. The minimum atomic E-state index is -0.799. The van der Waals surface area contributed by atoms with Crippen molar-refractivity contribution in [3.8, 4) is 0 Å². The highest BCUT2D eigenvalue weighted by atomic mass is 79.9. The van der Waals surface area contributed by atoms with Crippen molar-refractivity contribution >= 4 is 33.6 Å². The highest BCUT2D eigenvalue weighted by Gasteiger charge is 2.42. The highest BCUT2D eigenvalue weighted by Crippen LogP contribution is 2.49. The van der Waals surface area contributed by atoms with E-state index >= 15 is 0 Å².